The zero-order valence-electron chi connectivity index (χ0n) is 2.83. The summed E-state index contributed by atoms with van der Waals surface area (Å²) in [5.41, 5.74) is 0. The van der Waals surface area contributed by atoms with E-state index in [1.54, 1.807) is 0 Å². The molecule has 0 aliphatic rings. The van der Waals surface area contributed by atoms with Gasteiger partial charge in [0, 0.05) is 0 Å². The summed E-state index contributed by atoms with van der Waals surface area (Å²) < 4.78 is 35.4. The molecule has 0 bridgehead atoms. The van der Waals surface area contributed by atoms with Crippen LogP contribution in [0.5, 0.6) is 0 Å². The van der Waals surface area contributed by atoms with E-state index in [0.717, 1.165) is 23.0 Å². The van der Waals surface area contributed by atoms with Crippen LogP contribution in [0.2, 0.25) is 0 Å². The Bertz CT molecular complexity index is 51.4. The van der Waals surface area contributed by atoms with E-state index in [1.165, 1.54) is 0 Å². The van der Waals surface area contributed by atoms with Crippen molar-refractivity contribution in [3.05, 3.63) is 0 Å². The molecule has 7 heavy (non-hydrogen) atoms. The third-order valence-electron chi connectivity index (χ3n) is 0.126. The lowest BCUT2D eigenvalue weighted by molar-refractivity contribution is -0.430. The molecule has 0 unspecified atom stereocenters. The van der Waals surface area contributed by atoms with Crippen molar-refractivity contribution in [3.8, 4) is 0 Å². The fourth-order valence-electron chi connectivity index (χ4n) is 0.0357. The second kappa shape index (κ2) is 2.68. The molecule has 0 aliphatic carbocycles. The molecule has 0 aromatic rings. The van der Waals surface area contributed by atoms with Crippen LogP contribution in [0.15, 0.2) is 0 Å². The Hall–Kier alpha value is 0.440. The van der Waals surface area contributed by atoms with Crippen LogP contribution in [0, 0.1) is 0 Å². The lowest BCUT2D eigenvalue weighted by Gasteiger charge is -1.98. The van der Waals surface area contributed by atoms with Gasteiger partial charge in [-0.05, 0) is 0 Å². The minimum Gasteiger partial charge on any atom is -0.158 e. The summed E-state index contributed by atoms with van der Waals surface area (Å²) >= 11 is 0.970. The second-order valence-electron chi connectivity index (χ2n) is 0.592. The molecule has 2 nitrogen and oxygen atoms in total. The van der Waals surface area contributed by atoms with Crippen molar-refractivity contribution in [2.45, 2.75) is 6.36 Å². The molecule has 0 aromatic heterocycles. The zero-order valence-corrected chi connectivity index (χ0v) is 4.99. The Kier molecular flexibility index (Phi) is 2.84. The first-order valence-corrected chi connectivity index (χ1v) is 1.97. The number of rotatable bonds is 1. The fourth-order valence-corrected chi connectivity index (χ4v) is 0.240. The van der Waals surface area contributed by atoms with Crippen LogP contribution in [0.3, 0.4) is 0 Å². The van der Waals surface area contributed by atoms with Gasteiger partial charge in [-0.15, -0.1) is 18.1 Å². The van der Waals surface area contributed by atoms with E-state index in [-0.39, 0.29) is 0 Å². The molecule has 0 spiro atoms. The van der Waals surface area contributed by atoms with Crippen molar-refractivity contribution in [2.75, 3.05) is 0 Å². The van der Waals surface area contributed by atoms with Crippen molar-refractivity contribution in [2.24, 2.45) is 0 Å². The minimum atomic E-state index is -4.68. The quantitative estimate of drug-likeness (QED) is 0.387. The van der Waals surface area contributed by atoms with E-state index in [2.05, 4.69) is 8.10 Å². The normalized spacial score (nSPS) is 12.0. The number of hydrogen-bond donors (Lipinski definition) is 0. The van der Waals surface area contributed by atoms with Gasteiger partial charge in [-0.25, -0.2) is 0 Å². The maximum absolute atomic E-state index is 10.7. The van der Waals surface area contributed by atoms with E-state index in [9.17, 15) is 13.2 Å². The summed E-state index contributed by atoms with van der Waals surface area (Å²) in [7, 11) is 0. The SMILES string of the molecule is FC(F)(F)OOI. The predicted molar refractivity (Wildman–Crippen MR) is 22.2 cm³/mol. The molecule has 0 radical (unpaired) electrons. The Morgan fingerprint density at radius 3 is 1.71 bits per heavy atom. The van der Waals surface area contributed by atoms with Gasteiger partial charge in [0.15, 0.2) is 23.0 Å². The van der Waals surface area contributed by atoms with Crippen LogP contribution >= 0.6 is 23.0 Å². The van der Waals surface area contributed by atoms with Crippen LogP contribution < -0.4 is 0 Å². The van der Waals surface area contributed by atoms with E-state index >= 15 is 0 Å². The van der Waals surface area contributed by atoms with Crippen LogP contribution in [0.25, 0.3) is 0 Å². The number of hydrogen-bond acceptors (Lipinski definition) is 2. The molecule has 0 fully saturated rings. The van der Waals surface area contributed by atoms with E-state index in [4.69, 9.17) is 0 Å². The molecule has 44 valence electrons. The standard InChI is InChI=1S/CF3IO2/c2-1(3,4)6-7-5. The molecule has 6 heteroatoms. The summed E-state index contributed by atoms with van der Waals surface area (Å²) in [6.45, 7) is 0. The van der Waals surface area contributed by atoms with Gasteiger partial charge >= 0.3 is 6.36 Å². The third-order valence-corrected chi connectivity index (χ3v) is 0.306. The monoisotopic (exact) mass is 228 g/mol. The predicted octanol–water partition coefficient (Wildman–Crippen LogP) is 1.80. The highest BCUT2D eigenvalue weighted by molar-refractivity contribution is 14.1. The molecule has 0 amide bonds. The lowest BCUT2D eigenvalue weighted by atomic mass is 11.4. The van der Waals surface area contributed by atoms with Gasteiger partial charge in [0.25, 0.3) is 0 Å². The minimum absolute atomic E-state index is 0.970. The average molecular weight is 228 g/mol. The van der Waals surface area contributed by atoms with E-state index in [0.29, 0.717) is 0 Å². The molecule has 0 aromatic carbocycles. The average Bonchev–Trinajstić information content (AvgIpc) is 1.30. The van der Waals surface area contributed by atoms with Crippen LogP contribution in [-0.2, 0) is 8.10 Å². The highest BCUT2D eigenvalue weighted by atomic mass is 127. The van der Waals surface area contributed by atoms with Crippen LogP contribution in [0.4, 0.5) is 13.2 Å². The van der Waals surface area contributed by atoms with Gasteiger partial charge in [-0.1, -0.05) is 0 Å². The maximum atomic E-state index is 10.7. The lowest BCUT2D eigenvalue weighted by Crippen LogP contribution is -2.09. The summed E-state index contributed by atoms with van der Waals surface area (Å²) in [4.78, 5) is 2.72. The first-order valence-electron chi connectivity index (χ1n) is 1.09. The molecular formula is CF3IO2. The smallest absolute Gasteiger partial charge is 0.158 e. The largest absolute Gasteiger partial charge is 0.550 e. The topological polar surface area (TPSA) is 18.5 Å². The highest BCUT2D eigenvalue weighted by Crippen LogP contribution is 2.17. The van der Waals surface area contributed by atoms with Gasteiger partial charge in [0.05, 0.1) is 0 Å². The van der Waals surface area contributed by atoms with E-state index in [1.807, 2.05) is 0 Å². The molecule has 0 atom stereocenters. The molecule has 0 saturated heterocycles. The van der Waals surface area contributed by atoms with Gasteiger partial charge in [0.1, 0.15) is 0 Å². The molecule has 0 aliphatic heterocycles. The summed E-state index contributed by atoms with van der Waals surface area (Å²) in [6.07, 6.45) is -4.68. The molecule has 0 heterocycles. The third kappa shape index (κ3) is 6.44. The summed E-state index contributed by atoms with van der Waals surface area (Å²) in [6, 6.07) is 0. The van der Waals surface area contributed by atoms with E-state index < -0.39 is 6.36 Å². The first kappa shape index (κ1) is 7.44. The summed E-state index contributed by atoms with van der Waals surface area (Å²) in [5.74, 6) is 0. The van der Waals surface area contributed by atoms with Gasteiger partial charge in [-0.2, -0.15) is 3.22 Å². The van der Waals surface area contributed by atoms with Gasteiger partial charge < -0.3 is 0 Å². The molecule has 0 rings (SSSR count). The van der Waals surface area contributed by atoms with Crippen molar-refractivity contribution >= 4 is 23.0 Å². The number of alkyl halides is 3. The Morgan fingerprint density at radius 2 is 1.71 bits per heavy atom. The van der Waals surface area contributed by atoms with Gasteiger partial charge in [-0.3, -0.25) is 0 Å². The highest BCUT2D eigenvalue weighted by Gasteiger charge is 2.30. The Morgan fingerprint density at radius 1 is 1.29 bits per heavy atom. The molecule has 0 saturated carbocycles. The van der Waals surface area contributed by atoms with Crippen molar-refractivity contribution in [1.82, 2.24) is 0 Å². The van der Waals surface area contributed by atoms with Crippen molar-refractivity contribution in [3.63, 3.8) is 0 Å². The molecular weight excluding hydrogens is 228 g/mol. The number of halogens is 4. The van der Waals surface area contributed by atoms with Gasteiger partial charge in [0.2, 0.25) is 0 Å². The zero-order chi connectivity index (χ0) is 5.91. The van der Waals surface area contributed by atoms with Crippen LogP contribution in [-0.4, -0.2) is 6.36 Å². The molecule has 0 N–H and O–H groups in total. The Labute approximate surface area is 51.2 Å². The first-order chi connectivity index (χ1) is 3.06. The fraction of sp³-hybridized carbons (Fsp3) is 1.00. The maximum Gasteiger partial charge on any atom is 0.550 e. The van der Waals surface area contributed by atoms with Crippen molar-refractivity contribution in [1.29, 1.82) is 0 Å². The van der Waals surface area contributed by atoms with Crippen LogP contribution in [0.1, 0.15) is 0 Å². The summed E-state index contributed by atoms with van der Waals surface area (Å²) in [5, 5.41) is 0. The second-order valence-corrected chi connectivity index (χ2v) is 0.952. The van der Waals surface area contributed by atoms with Crippen molar-refractivity contribution < 1.29 is 21.3 Å². The Balaban J connectivity index is 3.15.